The Kier molecular flexibility index (Phi) is 4.16. The van der Waals surface area contributed by atoms with E-state index in [1.807, 2.05) is 0 Å². The van der Waals surface area contributed by atoms with Crippen molar-refractivity contribution in [2.24, 2.45) is 0 Å². The van der Waals surface area contributed by atoms with E-state index in [1.54, 1.807) is 40.9 Å². The van der Waals surface area contributed by atoms with Gasteiger partial charge in [-0.25, -0.2) is 0 Å². The van der Waals surface area contributed by atoms with Crippen molar-refractivity contribution in [2.75, 3.05) is 6.61 Å². The molecule has 9 heteroatoms. The SMILES string of the molecule is O=c1ccc2nccc3c4c(O[C@@H]5O[C@H](CO)[C@@H](O)[C@H](O)[C@H]5O)cccc4n1c23. The summed E-state index contributed by atoms with van der Waals surface area (Å²) in [5, 5.41) is 41.0. The van der Waals surface area contributed by atoms with Crippen molar-refractivity contribution in [3.05, 3.63) is 52.9 Å². The third kappa shape index (κ3) is 2.60. The van der Waals surface area contributed by atoms with Crippen LogP contribution >= 0.6 is 0 Å². The van der Waals surface area contributed by atoms with Gasteiger partial charge in [0.15, 0.2) is 0 Å². The van der Waals surface area contributed by atoms with Crippen molar-refractivity contribution in [3.63, 3.8) is 0 Å². The zero-order valence-corrected chi connectivity index (χ0v) is 15.0. The summed E-state index contributed by atoms with van der Waals surface area (Å²) >= 11 is 0. The molecule has 9 nitrogen and oxygen atoms in total. The number of aliphatic hydroxyl groups excluding tert-OH is 4. The van der Waals surface area contributed by atoms with Crippen LogP contribution in [0, 0.1) is 0 Å². The number of aromatic nitrogens is 2. The summed E-state index contributed by atoms with van der Waals surface area (Å²) in [6, 6.07) is 9.99. The molecule has 3 aromatic heterocycles. The topological polar surface area (TPSA) is 134 Å². The number of hydrogen-bond donors (Lipinski definition) is 4. The van der Waals surface area contributed by atoms with Gasteiger partial charge in [0.2, 0.25) is 6.29 Å². The Bertz CT molecular complexity index is 1250. The second kappa shape index (κ2) is 6.61. The van der Waals surface area contributed by atoms with Gasteiger partial charge in [-0.1, -0.05) is 6.07 Å². The van der Waals surface area contributed by atoms with E-state index in [0.29, 0.717) is 27.7 Å². The minimum absolute atomic E-state index is 0.213. The fourth-order valence-corrected chi connectivity index (χ4v) is 3.97. The minimum Gasteiger partial charge on any atom is -0.461 e. The summed E-state index contributed by atoms with van der Waals surface area (Å²) in [4.78, 5) is 16.8. The van der Waals surface area contributed by atoms with Gasteiger partial charge in [-0.3, -0.25) is 14.2 Å². The first kappa shape index (κ1) is 18.2. The van der Waals surface area contributed by atoms with Crippen LogP contribution in [0.15, 0.2) is 47.4 Å². The van der Waals surface area contributed by atoms with E-state index < -0.39 is 37.3 Å². The van der Waals surface area contributed by atoms with Crippen molar-refractivity contribution < 1.29 is 29.9 Å². The molecule has 0 radical (unpaired) electrons. The molecule has 1 fully saturated rings. The number of benzene rings is 1. The van der Waals surface area contributed by atoms with E-state index in [9.17, 15) is 25.2 Å². The maximum atomic E-state index is 12.5. The van der Waals surface area contributed by atoms with Crippen molar-refractivity contribution in [2.45, 2.75) is 30.7 Å². The Morgan fingerprint density at radius 1 is 1.07 bits per heavy atom. The normalized spacial score (nSPS) is 27.8. The maximum Gasteiger partial charge on any atom is 0.255 e. The van der Waals surface area contributed by atoms with Crippen LogP contribution in [0.5, 0.6) is 5.75 Å². The molecule has 0 saturated carbocycles. The third-order valence-corrected chi connectivity index (χ3v) is 5.39. The zero-order chi connectivity index (χ0) is 20.3. The van der Waals surface area contributed by atoms with Gasteiger partial charge < -0.3 is 29.9 Å². The van der Waals surface area contributed by atoms with Gasteiger partial charge >= 0.3 is 0 Å². The summed E-state index contributed by atoms with van der Waals surface area (Å²) in [5.74, 6) is 0.322. The third-order valence-electron chi connectivity index (χ3n) is 5.39. The summed E-state index contributed by atoms with van der Waals surface area (Å²) in [5.41, 5.74) is 1.69. The molecule has 1 aliphatic rings. The first-order chi connectivity index (χ1) is 14.0. The molecule has 0 aliphatic carbocycles. The van der Waals surface area contributed by atoms with Crippen molar-refractivity contribution in [1.29, 1.82) is 0 Å². The predicted octanol–water partition coefficient (Wildman–Crippen LogP) is -0.383. The van der Waals surface area contributed by atoms with E-state index in [-0.39, 0.29) is 5.56 Å². The van der Waals surface area contributed by atoms with E-state index in [1.165, 1.54) is 6.07 Å². The van der Waals surface area contributed by atoms with Crippen LogP contribution in [-0.4, -0.2) is 67.1 Å². The molecule has 1 aromatic carbocycles. The average molecular weight is 398 g/mol. The number of nitrogens with zero attached hydrogens (tertiary/aromatic N) is 2. The van der Waals surface area contributed by atoms with Crippen LogP contribution in [0.1, 0.15) is 0 Å². The molecule has 1 saturated heterocycles. The molecule has 4 N–H and O–H groups in total. The molecule has 4 aromatic rings. The van der Waals surface area contributed by atoms with Gasteiger partial charge in [0, 0.05) is 17.6 Å². The number of aliphatic hydroxyl groups is 4. The van der Waals surface area contributed by atoms with E-state index in [2.05, 4.69) is 4.98 Å². The zero-order valence-electron chi connectivity index (χ0n) is 15.0. The molecular formula is C20H18N2O7. The maximum absolute atomic E-state index is 12.5. The summed E-state index contributed by atoms with van der Waals surface area (Å²) in [6.07, 6.45) is -5.33. The van der Waals surface area contributed by atoms with Gasteiger partial charge in [-0.05, 0) is 24.3 Å². The van der Waals surface area contributed by atoms with Gasteiger partial charge in [0.05, 0.1) is 28.5 Å². The quantitative estimate of drug-likeness (QED) is 0.367. The summed E-state index contributed by atoms with van der Waals surface area (Å²) in [7, 11) is 0. The fourth-order valence-electron chi connectivity index (χ4n) is 3.97. The minimum atomic E-state index is -1.55. The summed E-state index contributed by atoms with van der Waals surface area (Å²) < 4.78 is 12.9. The number of fused-ring (bicyclic) bond motifs is 3. The molecule has 0 spiro atoms. The molecule has 29 heavy (non-hydrogen) atoms. The van der Waals surface area contributed by atoms with Crippen molar-refractivity contribution in [3.8, 4) is 5.75 Å². The lowest BCUT2D eigenvalue weighted by Gasteiger charge is -2.39. The van der Waals surface area contributed by atoms with Crippen LogP contribution < -0.4 is 10.3 Å². The Morgan fingerprint density at radius 3 is 2.69 bits per heavy atom. The Morgan fingerprint density at radius 2 is 1.90 bits per heavy atom. The smallest absolute Gasteiger partial charge is 0.255 e. The first-order valence-corrected chi connectivity index (χ1v) is 9.13. The summed E-state index contributed by atoms with van der Waals surface area (Å²) in [6.45, 7) is -0.552. The largest absolute Gasteiger partial charge is 0.461 e. The molecule has 5 rings (SSSR count). The van der Waals surface area contributed by atoms with Crippen LogP contribution in [0.2, 0.25) is 0 Å². The van der Waals surface area contributed by atoms with Crippen LogP contribution in [0.4, 0.5) is 0 Å². The number of pyridine rings is 2. The molecule has 0 bridgehead atoms. The van der Waals surface area contributed by atoms with E-state index >= 15 is 0 Å². The standard InChI is InChI=1S/C20H18N2O7/c23-8-13-17(25)18(26)19(27)20(29-13)28-12-3-1-2-11-15(12)9-6-7-21-10-4-5-14(24)22(11)16(9)10/h1-7,13,17-20,23,25-27H,8H2/t13-,17-,18+,19-,20-/m1/s1. The highest BCUT2D eigenvalue weighted by Gasteiger charge is 2.44. The lowest BCUT2D eigenvalue weighted by Crippen LogP contribution is -2.60. The van der Waals surface area contributed by atoms with Gasteiger partial charge in [0.25, 0.3) is 5.56 Å². The number of rotatable bonds is 3. The molecule has 5 atom stereocenters. The van der Waals surface area contributed by atoms with Crippen LogP contribution in [0.25, 0.3) is 27.3 Å². The Labute approximate surface area is 163 Å². The number of ether oxygens (including phenoxy) is 2. The molecule has 150 valence electrons. The first-order valence-electron chi connectivity index (χ1n) is 9.13. The Balaban J connectivity index is 1.68. The van der Waals surface area contributed by atoms with E-state index in [0.717, 1.165) is 5.39 Å². The highest BCUT2D eigenvalue weighted by molar-refractivity contribution is 6.15. The second-order valence-electron chi connectivity index (χ2n) is 7.06. The molecular weight excluding hydrogens is 380 g/mol. The van der Waals surface area contributed by atoms with Gasteiger partial charge in [-0.2, -0.15) is 0 Å². The highest BCUT2D eigenvalue weighted by atomic mass is 16.7. The fraction of sp³-hybridized carbons (Fsp3) is 0.300. The Hall–Kier alpha value is -2.82. The highest BCUT2D eigenvalue weighted by Crippen LogP contribution is 2.37. The van der Waals surface area contributed by atoms with Crippen molar-refractivity contribution in [1.82, 2.24) is 9.38 Å². The van der Waals surface area contributed by atoms with Crippen LogP contribution in [0.3, 0.4) is 0 Å². The lowest BCUT2D eigenvalue weighted by atomic mass is 9.99. The van der Waals surface area contributed by atoms with Crippen molar-refractivity contribution >= 4 is 27.3 Å². The molecule has 1 aliphatic heterocycles. The molecule has 0 unspecified atom stereocenters. The second-order valence-corrected chi connectivity index (χ2v) is 7.06. The van der Waals surface area contributed by atoms with Gasteiger partial charge in [0.1, 0.15) is 30.2 Å². The van der Waals surface area contributed by atoms with E-state index in [4.69, 9.17) is 9.47 Å². The van der Waals surface area contributed by atoms with Crippen LogP contribution in [-0.2, 0) is 4.74 Å². The number of hydrogen-bond acceptors (Lipinski definition) is 8. The monoisotopic (exact) mass is 398 g/mol. The lowest BCUT2D eigenvalue weighted by molar-refractivity contribution is -0.277. The molecule has 4 heterocycles. The average Bonchev–Trinajstić information content (AvgIpc) is 3.08. The molecule has 0 amide bonds. The predicted molar refractivity (Wildman–Crippen MR) is 102 cm³/mol. The van der Waals surface area contributed by atoms with Gasteiger partial charge in [-0.15, -0.1) is 0 Å².